The molecule has 0 spiro atoms. The zero-order valence-corrected chi connectivity index (χ0v) is 10.6. The van der Waals surface area contributed by atoms with Crippen LogP contribution in [0.3, 0.4) is 0 Å². The minimum atomic E-state index is -0.266. The number of anilines is 1. The number of H-pyrrole nitrogens is 1. The van der Waals surface area contributed by atoms with Gasteiger partial charge in [-0.25, -0.2) is 0 Å². The van der Waals surface area contributed by atoms with E-state index in [4.69, 9.17) is 17.3 Å². The number of para-hydroxylation sites is 1. The first-order chi connectivity index (χ1) is 9.15. The molecule has 0 saturated heterocycles. The summed E-state index contributed by atoms with van der Waals surface area (Å²) < 4.78 is 0. The molecule has 94 valence electrons. The Hall–Kier alpha value is -2.33. The van der Waals surface area contributed by atoms with Crippen molar-refractivity contribution >= 4 is 28.2 Å². The Labute approximate surface area is 113 Å². The first-order valence-electron chi connectivity index (χ1n) is 5.69. The summed E-state index contributed by atoms with van der Waals surface area (Å²) in [6, 6.07) is 12.4. The molecule has 3 aromatic rings. The average molecular weight is 272 g/mol. The Morgan fingerprint density at radius 2 is 1.95 bits per heavy atom. The summed E-state index contributed by atoms with van der Waals surface area (Å²) in [7, 11) is 0. The van der Waals surface area contributed by atoms with E-state index >= 15 is 0 Å². The Balaban J connectivity index is 2.25. The van der Waals surface area contributed by atoms with Gasteiger partial charge >= 0.3 is 0 Å². The van der Waals surface area contributed by atoms with Crippen molar-refractivity contribution in [2.24, 2.45) is 0 Å². The summed E-state index contributed by atoms with van der Waals surface area (Å²) in [6.45, 7) is 0. The van der Waals surface area contributed by atoms with Crippen LogP contribution < -0.4 is 11.3 Å². The van der Waals surface area contributed by atoms with Crippen molar-refractivity contribution in [1.82, 2.24) is 9.97 Å². The lowest BCUT2D eigenvalue weighted by Crippen LogP contribution is -2.09. The standard InChI is InChI=1S/C14H10ClN3O/c15-10-6-5-8(7-11(10)16)13-17-12-4-2-1-3-9(12)14(19)18-13/h1-7H,16H2,(H,17,18,19). The van der Waals surface area contributed by atoms with Gasteiger partial charge in [-0.1, -0.05) is 23.7 Å². The fourth-order valence-corrected chi connectivity index (χ4v) is 2.04. The average Bonchev–Trinajstić information content (AvgIpc) is 2.42. The number of aromatic amines is 1. The lowest BCUT2D eigenvalue weighted by molar-refractivity contribution is 1.18. The van der Waals surface area contributed by atoms with E-state index < -0.39 is 0 Å². The van der Waals surface area contributed by atoms with E-state index in [0.29, 0.717) is 21.9 Å². The van der Waals surface area contributed by atoms with Crippen molar-refractivity contribution in [2.75, 3.05) is 5.73 Å². The highest BCUT2D eigenvalue weighted by Crippen LogP contribution is 2.24. The highest BCUT2D eigenvalue weighted by atomic mass is 35.5. The Kier molecular flexibility index (Phi) is 2.72. The number of nitrogens with zero attached hydrogens (tertiary/aromatic N) is 1. The van der Waals surface area contributed by atoms with Crippen molar-refractivity contribution in [3.05, 3.63) is 57.8 Å². The number of nitrogens with one attached hydrogen (secondary N) is 1. The molecule has 1 heterocycles. The fraction of sp³-hybridized carbons (Fsp3) is 0. The van der Waals surface area contributed by atoms with Gasteiger partial charge in [0.15, 0.2) is 0 Å². The number of rotatable bonds is 1. The SMILES string of the molecule is Nc1cc(-c2nc(=O)c3ccccc3[nH]2)ccc1Cl. The largest absolute Gasteiger partial charge is 0.398 e. The van der Waals surface area contributed by atoms with Gasteiger partial charge in [0.1, 0.15) is 5.82 Å². The smallest absolute Gasteiger partial charge is 0.281 e. The molecule has 3 rings (SSSR count). The van der Waals surface area contributed by atoms with Gasteiger partial charge in [0.25, 0.3) is 5.56 Å². The second-order valence-electron chi connectivity index (χ2n) is 4.17. The number of hydrogen-bond donors (Lipinski definition) is 2. The summed E-state index contributed by atoms with van der Waals surface area (Å²) >= 11 is 5.88. The topological polar surface area (TPSA) is 71.8 Å². The number of benzene rings is 2. The molecule has 2 aromatic carbocycles. The van der Waals surface area contributed by atoms with E-state index in [9.17, 15) is 4.79 Å². The summed E-state index contributed by atoms with van der Waals surface area (Å²) in [5.41, 5.74) is 7.41. The van der Waals surface area contributed by atoms with E-state index in [1.165, 1.54) is 0 Å². The predicted molar refractivity (Wildman–Crippen MR) is 77.2 cm³/mol. The molecule has 4 nitrogen and oxygen atoms in total. The first kappa shape index (κ1) is 11.7. The van der Waals surface area contributed by atoms with Gasteiger partial charge in [0.2, 0.25) is 0 Å². The van der Waals surface area contributed by atoms with E-state index in [2.05, 4.69) is 9.97 Å². The van der Waals surface area contributed by atoms with Crippen LogP contribution in [0.5, 0.6) is 0 Å². The van der Waals surface area contributed by atoms with Crippen LogP contribution in [0.1, 0.15) is 0 Å². The minimum absolute atomic E-state index is 0.266. The highest BCUT2D eigenvalue weighted by Gasteiger charge is 2.06. The Bertz CT molecular complexity index is 826. The van der Waals surface area contributed by atoms with Gasteiger partial charge in [-0.2, -0.15) is 4.98 Å². The van der Waals surface area contributed by atoms with Crippen LogP contribution >= 0.6 is 11.6 Å². The van der Waals surface area contributed by atoms with Crippen LogP contribution in [0.2, 0.25) is 5.02 Å². The summed E-state index contributed by atoms with van der Waals surface area (Å²) in [5.74, 6) is 0.479. The molecule has 0 saturated carbocycles. The molecule has 0 unspecified atom stereocenters. The molecule has 1 aromatic heterocycles. The van der Waals surface area contributed by atoms with Crippen LogP contribution in [0.15, 0.2) is 47.3 Å². The van der Waals surface area contributed by atoms with Gasteiger partial charge in [-0.15, -0.1) is 0 Å². The molecular formula is C14H10ClN3O. The number of nitrogen functional groups attached to an aromatic ring is 1. The first-order valence-corrected chi connectivity index (χ1v) is 6.07. The maximum absolute atomic E-state index is 11.9. The molecule has 19 heavy (non-hydrogen) atoms. The predicted octanol–water partition coefficient (Wildman–Crippen LogP) is 2.83. The number of hydrogen-bond acceptors (Lipinski definition) is 3. The van der Waals surface area contributed by atoms with E-state index in [-0.39, 0.29) is 5.56 Å². The zero-order valence-electron chi connectivity index (χ0n) is 9.85. The maximum atomic E-state index is 11.9. The van der Waals surface area contributed by atoms with Crippen LogP contribution in [-0.4, -0.2) is 9.97 Å². The van der Waals surface area contributed by atoms with Crippen LogP contribution in [0, 0.1) is 0 Å². The molecule has 0 aliphatic rings. The molecule has 0 atom stereocenters. The van der Waals surface area contributed by atoms with Crippen LogP contribution in [0.4, 0.5) is 5.69 Å². The van der Waals surface area contributed by atoms with Crippen molar-refractivity contribution in [2.45, 2.75) is 0 Å². The molecular weight excluding hydrogens is 262 g/mol. The normalized spacial score (nSPS) is 10.8. The monoisotopic (exact) mass is 271 g/mol. The molecule has 3 N–H and O–H groups in total. The Morgan fingerprint density at radius 1 is 1.16 bits per heavy atom. The molecule has 5 heteroatoms. The molecule has 0 amide bonds. The second kappa shape index (κ2) is 4.40. The Morgan fingerprint density at radius 3 is 2.74 bits per heavy atom. The van der Waals surface area contributed by atoms with E-state index in [1.54, 1.807) is 30.3 Å². The third kappa shape index (κ3) is 2.06. The zero-order chi connectivity index (χ0) is 13.4. The quantitative estimate of drug-likeness (QED) is 0.669. The third-order valence-electron chi connectivity index (χ3n) is 2.89. The van der Waals surface area contributed by atoms with Crippen LogP contribution in [0.25, 0.3) is 22.3 Å². The minimum Gasteiger partial charge on any atom is -0.398 e. The molecule has 0 radical (unpaired) electrons. The van der Waals surface area contributed by atoms with Crippen molar-refractivity contribution in [3.8, 4) is 11.4 Å². The second-order valence-corrected chi connectivity index (χ2v) is 4.58. The van der Waals surface area contributed by atoms with Gasteiger partial charge in [0.05, 0.1) is 21.6 Å². The third-order valence-corrected chi connectivity index (χ3v) is 3.24. The van der Waals surface area contributed by atoms with Gasteiger partial charge in [0, 0.05) is 5.56 Å². The van der Waals surface area contributed by atoms with Crippen LogP contribution in [-0.2, 0) is 0 Å². The van der Waals surface area contributed by atoms with Crippen molar-refractivity contribution in [1.29, 1.82) is 0 Å². The molecule has 0 fully saturated rings. The summed E-state index contributed by atoms with van der Waals surface area (Å²) in [6.07, 6.45) is 0. The number of halogens is 1. The van der Waals surface area contributed by atoms with Gasteiger partial charge in [-0.3, -0.25) is 4.79 Å². The lowest BCUT2D eigenvalue weighted by atomic mass is 10.1. The summed E-state index contributed by atoms with van der Waals surface area (Å²) in [4.78, 5) is 19.1. The molecule has 0 aliphatic carbocycles. The molecule has 0 bridgehead atoms. The summed E-state index contributed by atoms with van der Waals surface area (Å²) in [5, 5.41) is 1.04. The van der Waals surface area contributed by atoms with E-state index in [1.807, 2.05) is 12.1 Å². The number of aromatic nitrogens is 2. The van der Waals surface area contributed by atoms with Crippen molar-refractivity contribution in [3.63, 3.8) is 0 Å². The fourth-order valence-electron chi connectivity index (χ4n) is 1.92. The van der Waals surface area contributed by atoms with Crippen molar-refractivity contribution < 1.29 is 0 Å². The maximum Gasteiger partial charge on any atom is 0.281 e. The number of nitrogens with two attached hydrogens (primary N) is 1. The number of fused-ring (bicyclic) bond motifs is 1. The molecule has 0 aliphatic heterocycles. The van der Waals surface area contributed by atoms with E-state index in [0.717, 1.165) is 11.1 Å². The van der Waals surface area contributed by atoms with Gasteiger partial charge in [-0.05, 0) is 30.3 Å². The highest BCUT2D eigenvalue weighted by molar-refractivity contribution is 6.33. The van der Waals surface area contributed by atoms with Gasteiger partial charge < -0.3 is 10.7 Å². The lowest BCUT2D eigenvalue weighted by Gasteiger charge is -2.05.